The van der Waals surface area contributed by atoms with E-state index in [4.69, 9.17) is 0 Å². The zero-order chi connectivity index (χ0) is 24.1. The van der Waals surface area contributed by atoms with Gasteiger partial charge in [0.1, 0.15) is 0 Å². The predicted molar refractivity (Wildman–Crippen MR) is 130 cm³/mol. The molecule has 0 saturated heterocycles. The van der Waals surface area contributed by atoms with Gasteiger partial charge in [0, 0.05) is 27.8 Å². The summed E-state index contributed by atoms with van der Waals surface area (Å²) in [5.74, 6) is 1.04. The fourth-order valence-electron chi connectivity index (χ4n) is 3.40. The summed E-state index contributed by atoms with van der Waals surface area (Å²) in [6.45, 7) is 0. The lowest BCUT2D eigenvalue weighted by Gasteiger charge is -2.13. The molecule has 1 aromatic heterocycles. The van der Waals surface area contributed by atoms with Crippen LogP contribution in [0.25, 0.3) is 17.1 Å². The molecule has 1 heterocycles. The first-order chi connectivity index (χ1) is 16.3. The quantitative estimate of drug-likeness (QED) is 0.131. The minimum Gasteiger partial charge on any atom is -0.294 e. The van der Waals surface area contributed by atoms with E-state index in [0.29, 0.717) is 46.4 Å². The standard InChI is InChI=1S/C25H19BrF3N3OS/c26-21-13-5-4-12-20(21)23-30-31-24(32(23)19-11-6-10-18(16-19)25(27,28)29)34-15-7-14-22(33)17-8-2-1-3-9-17/h1-6,8-13,16H,7,14-15H2. The van der Waals surface area contributed by atoms with Crippen LogP contribution in [0.4, 0.5) is 13.2 Å². The number of ketones is 1. The lowest BCUT2D eigenvalue weighted by Crippen LogP contribution is -2.07. The van der Waals surface area contributed by atoms with Gasteiger partial charge in [-0.1, -0.05) is 82.3 Å². The smallest absolute Gasteiger partial charge is 0.294 e. The number of nitrogens with zero attached hydrogens (tertiary/aromatic N) is 3. The van der Waals surface area contributed by atoms with E-state index >= 15 is 0 Å². The molecule has 0 aliphatic carbocycles. The van der Waals surface area contributed by atoms with Crippen LogP contribution in [0.15, 0.2) is 88.5 Å². The molecule has 0 atom stereocenters. The third-order valence-corrected chi connectivity index (χ3v) is 6.76. The van der Waals surface area contributed by atoms with Crippen molar-refractivity contribution in [1.82, 2.24) is 14.8 Å². The van der Waals surface area contributed by atoms with Crippen LogP contribution in [0.2, 0.25) is 0 Å². The van der Waals surface area contributed by atoms with Gasteiger partial charge in [-0.05, 0) is 30.7 Å². The number of hydrogen-bond donors (Lipinski definition) is 0. The molecule has 0 aliphatic heterocycles. The minimum absolute atomic E-state index is 0.0504. The lowest BCUT2D eigenvalue weighted by atomic mass is 10.1. The van der Waals surface area contributed by atoms with Crippen LogP contribution in [0.5, 0.6) is 0 Å². The maximum absolute atomic E-state index is 13.4. The van der Waals surface area contributed by atoms with E-state index in [0.717, 1.165) is 16.6 Å². The number of aromatic nitrogens is 3. The highest BCUT2D eigenvalue weighted by Gasteiger charge is 2.31. The van der Waals surface area contributed by atoms with Gasteiger partial charge in [0.15, 0.2) is 16.8 Å². The van der Waals surface area contributed by atoms with Crippen LogP contribution in [0.1, 0.15) is 28.8 Å². The van der Waals surface area contributed by atoms with Crippen molar-refractivity contribution in [3.05, 3.63) is 94.5 Å². The first-order valence-electron chi connectivity index (χ1n) is 10.4. The van der Waals surface area contributed by atoms with Gasteiger partial charge >= 0.3 is 6.18 Å². The third kappa shape index (κ3) is 5.59. The van der Waals surface area contributed by atoms with E-state index in [1.54, 1.807) is 22.8 Å². The molecule has 9 heteroatoms. The van der Waals surface area contributed by atoms with Crippen molar-refractivity contribution in [3.63, 3.8) is 0 Å². The largest absolute Gasteiger partial charge is 0.416 e. The number of thioether (sulfide) groups is 1. The molecule has 4 rings (SSSR count). The summed E-state index contributed by atoms with van der Waals surface area (Å²) in [7, 11) is 0. The second-order valence-electron chi connectivity index (χ2n) is 7.41. The number of benzene rings is 3. The number of halogens is 4. The van der Waals surface area contributed by atoms with Gasteiger partial charge in [-0.3, -0.25) is 9.36 Å². The minimum atomic E-state index is -4.47. The van der Waals surface area contributed by atoms with Crippen molar-refractivity contribution in [2.24, 2.45) is 0 Å². The SMILES string of the molecule is O=C(CCCSc1nnc(-c2ccccc2Br)n1-c1cccc(C(F)(F)F)c1)c1ccccc1. The molecule has 0 aliphatic rings. The summed E-state index contributed by atoms with van der Waals surface area (Å²) in [6.07, 6.45) is -3.51. The molecule has 0 amide bonds. The Labute approximate surface area is 207 Å². The zero-order valence-electron chi connectivity index (χ0n) is 17.8. The molecule has 4 aromatic rings. The van der Waals surface area contributed by atoms with Crippen LogP contribution >= 0.6 is 27.7 Å². The fourth-order valence-corrected chi connectivity index (χ4v) is 4.75. The number of rotatable bonds is 8. The van der Waals surface area contributed by atoms with Gasteiger partial charge in [0.2, 0.25) is 0 Å². The molecule has 174 valence electrons. The van der Waals surface area contributed by atoms with E-state index in [-0.39, 0.29) is 5.78 Å². The molecule has 0 bridgehead atoms. The Morgan fingerprint density at radius 3 is 2.41 bits per heavy atom. The molecule has 0 spiro atoms. The highest BCUT2D eigenvalue weighted by Crippen LogP contribution is 2.35. The molecule has 34 heavy (non-hydrogen) atoms. The second kappa shape index (κ2) is 10.6. The van der Waals surface area contributed by atoms with Crippen LogP contribution in [-0.2, 0) is 6.18 Å². The summed E-state index contributed by atoms with van der Waals surface area (Å²) in [4.78, 5) is 12.3. The lowest BCUT2D eigenvalue weighted by molar-refractivity contribution is -0.137. The highest BCUT2D eigenvalue weighted by molar-refractivity contribution is 9.10. The third-order valence-electron chi connectivity index (χ3n) is 5.05. The topological polar surface area (TPSA) is 47.8 Å². The van der Waals surface area contributed by atoms with Gasteiger partial charge in [-0.25, -0.2) is 0 Å². The molecule has 0 radical (unpaired) electrons. The van der Waals surface area contributed by atoms with E-state index < -0.39 is 11.7 Å². The van der Waals surface area contributed by atoms with E-state index in [1.165, 1.54) is 17.8 Å². The van der Waals surface area contributed by atoms with Gasteiger partial charge in [-0.15, -0.1) is 10.2 Å². The molecule has 3 aromatic carbocycles. The van der Waals surface area contributed by atoms with Gasteiger partial charge in [0.05, 0.1) is 11.3 Å². The van der Waals surface area contributed by atoms with E-state index in [9.17, 15) is 18.0 Å². The van der Waals surface area contributed by atoms with Crippen molar-refractivity contribution < 1.29 is 18.0 Å². The van der Waals surface area contributed by atoms with Crippen LogP contribution in [-0.4, -0.2) is 26.3 Å². The Morgan fingerprint density at radius 2 is 1.68 bits per heavy atom. The highest BCUT2D eigenvalue weighted by atomic mass is 79.9. The maximum atomic E-state index is 13.4. The molecular weight excluding hydrogens is 527 g/mol. The van der Waals surface area contributed by atoms with Gasteiger partial charge < -0.3 is 0 Å². The van der Waals surface area contributed by atoms with Crippen LogP contribution < -0.4 is 0 Å². The number of carbonyl (C=O) groups is 1. The Hall–Kier alpha value is -2.91. The molecule has 0 N–H and O–H groups in total. The zero-order valence-corrected chi connectivity index (χ0v) is 20.2. The Balaban J connectivity index is 1.61. The Morgan fingerprint density at radius 1 is 0.941 bits per heavy atom. The molecule has 0 fully saturated rings. The first-order valence-corrected chi connectivity index (χ1v) is 12.2. The van der Waals surface area contributed by atoms with E-state index in [1.807, 2.05) is 42.5 Å². The van der Waals surface area contributed by atoms with Crippen molar-refractivity contribution in [2.45, 2.75) is 24.2 Å². The van der Waals surface area contributed by atoms with Crippen molar-refractivity contribution in [3.8, 4) is 17.1 Å². The first kappa shape index (κ1) is 24.2. The van der Waals surface area contributed by atoms with Crippen molar-refractivity contribution in [2.75, 3.05) is 5.75 Å². The van der Waals surface area contributed by atoms with Gasteiger partial charge in [-0.2, -0.15) is 13.2 Å². The Kier molecular flexibility index (Phi) is 7.53. The fraction of sp³-hybridized carbons (Fsp3) is 0.160. The summed E-state index contributed by atoms with van der Waals surface area (Å²) < 4.78 is 42.5. The number of carbonyl (C=O) groups excluding carboxylic acids is 1. The van der Waals surface area contributed by atoms with E-state index in [2.05, 4.69) is 26.1 Å². The van der Waals surface area contributed by atoms with Crippen molar-refractivity contribution >= 4 is 33.5 Å². The summed E-state index contributed by atoms with van der Waals surface area (Å²) >= 11 is 4.85. The normalized spacial score (nSPS) is 11.5. The molecule has 0 saturated carbocycles. The predicted octanol–water partition coefficient (Wildman–Crippen LogP) is 7.47. The van der Waals surface area contributed by atoms with Crippen molar-refractivity contribution in [1.29, 1.82) is 0 Å². The number of alkyl halides is 3. The molecule has 4 nitrogen and oxygen atoms in total. The molecular formula is C25H19BrF3N3OS. The Bertz CT molecular complexity index is 1290. The summed E-state index contributed by atoms with van der Waals surface area (Å²) in [6, 6.07) is 21.5. The van der Waals surface area contributed by atoms with Crippen LogP contribution in [0.3, 0.4) is 0 Å². The average Bonchev–Trinajstić information content (AvgIpc) is 3.25. The number of hydrogen-bond acceptors (Lipinski definition) is 4. The second-order valence-corrected chi connectivity index (χ2v) is 9.33. The average molecular weight is 546 g/mol. The summed E-state index contributed by atoms with van der Waals surface area (Å²) in [5.41, 5.74) is 0.934. The maximum Gasteiger partial charge on any atom is 0.416 e. The number of Topliss-reactive ketones (excluding diaryl/α,β-unsaturated/α-hetero) is 1. The van der Waals surface area contributed by atoms with Crippen LogP contribution in [0, 0.1) is 0 Å². The molecule has 0 unspecified atom stereocenters. The summed E-state index contributed by atoms with van der Waals surface area (Å²) in [5, 5.41) is 9.01. The monoisotopic (exact) mass is 545 g/mol. The van der Waals surface area contributed by atoms with Gasteiger partial charge in [0.25, 0.3) is 0 Å².